The molecule has 15 heavy (non-hydrogen) atoms. The van der Waals surface area contributed by atoms with E-state index in [0.717, 1.165) is 5.56 Å². The normalized spacial score (nSPS) is 12.0. The van der Waals surface area contributed by atoms with Crippen molar-refractivity contribution in [3.63, 3.8) is 0 Å². The van der Waals surface area contributed by atoms with E-state index in [-0.39, 0.29) is 5.78 Å². The first-order valence-electron chi connectivity index (χ1n) is 4.95. The van der Waals surface area contributed by atoms with Gasteiger partial charge in [0.1, 0.15) is 5.60 Å². The van der Waals surface area contributed by atoms with Crippen molar-refractivity contribution in [1.29, 1.82) is 0 Å². The Morgan fingerprint density at radius 2 is 1.80 bits per heavy atom. The van der Waals surface area contributed by atoms with E-state index in [0.29, 0.717) is 5.56 Å². The molecule has 1 aromatic rings. The number of allylic oxidation sites excluding steroid dienone is 1. The van der Waals surface area contributed by atoms with Crippen LogP contribution in [0.5, 0.6) is 0 Å². The summed E-state index contributed by atoms with van der Waals surface area (Å²) >= 11 is 0. The predicted octanol–water partition coefficient (Wildman–Crippen LogP) is 2.67. The quantitative estimate of drug-likeness (QED) is 0.768. The van der Waals surface area contributed by atoms with Crippen LogP contribution in [0.2, 0.25) is 0 Å². The van der Waals surface area contributed by atoms with Crippen LogP contribution in [0.25, 0.3) is 6.08 Å². The first-order valence-corrected chi connectivity index (χ1v) is 4.95. The van der Waals surface area contributed by atoms with Gasteiger partial charge in [-0.2, -0.15) is 0 Å². The van der Waals surface area contributed by atoms with Crippen LogP contribution >= 0.6 is 0 Å². The van der Waals surface area contributed by atoms with E-state index in [1.807, 2.05) is 31.2 Å². The lowest BCUT2D eigenvalue weighted by Crippen LogP contribution is -2.30. The molecule has 0 aliphatic rings. The van der Waals surface area contributed by atoms with Crippen molar-refractivity contribution in [2.45, 2.75) is 26.4 Å². The monoisotopic (exact) mass is 204 g/mol. The molecule has 0 fully saturated rings. The molecule has 80 valence electrons. The highest BCUT2D eigenvalue weighted by molar-refractivity contribution is 6.01. The first kappa shape index (κ1) is 11.7. The first-order chi connectivity index (χ1) is 6.95. The Balaban J connectivity index is 2.94. The average molecular weight is 204 g/mol. The minimum Gasteiger partial charge on any atom is -0.382 e. The van der Waals surface area contributed by atoms with Gasteiger partial charge in [0.05, 0.1) is 0 Å². The number of Topliss-reactive ketones (excluding diaryl/α,β-unsaturated/α-hetero) is 1. The standard InChI is InChI=1S/C13H16O2/c1-4-5-10-6-8-11(9-7-10)12(14)13(2,3)15/h4-9,15H,1-3H3. The van der Waals surface area contributed by atoms with Crippen LogP contribution in [0.15, 0.2) is 30.3 Å². The molecule has 0 saturated carbocycles. The van der Waals surface area contributed by atoms with Crippen LogP contribution in [0.3, 0.4) is 0 Å². The van der Waals surface area contributed by atoms with Crippen LogP contribution in [0.1, 0.15) is 36.7 Å². The summed E-state index contributed by atoms with van der Waals surface area (Å²) in [6.45, 7) is 4.93. The number of benzene rings is 1. The molecular weight excluding hydrogens is 188 g/mol. The summed E-state index contributed by atoms with van der Waals surface area (Å²) in [6.07, 6.45) is 3.89. The molecule has 0 aromatic heterocycles. The van der Waals surface area contributed by atoms with Crippen molar-refractivity contribution in [3.05, 3.63) is 41.5 Å². The molecule has 0 saturated heterocycles. The van der Waals surface area contributed by atoms with E-state index >= 15 is 0 Å². The van der Waals surface area contributed by atoms with E-state index in [2.05, 4.69) is 0 Å². The van der Waals surface area contributed by atoms with Crippen molar-refractivity contribution in [3.8, 4) is 0 Å². The summed E-state index contributed by atoms with van der Waals surface area (Å²) in [5.41, 5.74) is 0.280. The maximum absolute atomic E-state index is 11.7. The molecule has 0 atom stereocenters. The number of hydrogen-bond donors (Lipinski definition) is 1. The number of rotatable bonds is 3. The molecule has 2 nitrogen and oxygen atoms in total. The number of hydrogen-bond acceptors (Lipinski definition) is 2. The highest BCUT2D eigenvalue weighted by Crippen LogP contribution is 2.14. The number of carbonyl (C=O) groups is 1. The Labute approximate surface area is 90.3 Å². The van der Waals surface area contributed by atoms with E-state index in [1.165, 1.54) is 13.8 Å². The summed E-state index contributed by atoms with van der Waals surface area (Å²) in [7, 11) is 0. The number of carbonyl (C=O) groups excluding carboxylic acids is 1. The fourth-order valence-corrected chi connectivity index (χ4v) is 1.29. The largest absolute Gasteiger partial charge is 0.382 e. The summed E-state index contributed by atoms with van der Waals surface area (Å²) in [5.74, 6) is -0.255. The van der Waals surface area contributed by atoms with Crippen LogP contribution in [0, 0.1) is 0 Å². The zero-order chi connectivity index (χ0) is 11.5. The van der Waals surface area contributed by atoms with E-state index < -0.39 is 5.60 Å². The van der Waals surface area contributed by atoms with Crippen molar-refractivity contribution < 1.29 is 9.90 Å². The lowest BCUT2D eigenvalue weighted by molar-refractivity contribution is 0.0488. The maximum atomic E-state index is 11.7. The number of ketones is 1. The number of aliphatic hydroxyl groups is 1. The van der Waals surface area contributed by atoms with E-state index in [1.54, 1.807) is 12.1 Å². The van der Waals surface area contributed by atoms with Gasteiger partial charge in [-0.3, -0.25) is 4.79 Å². The zero-order valence-corrected chi connectivity index (χ0v) is 9.32. The van der Waals surface area contributed by atoms with E-state index in [9.17, 15) is 9.90 Å². The van der Waals surface area contributed by atoms with Crippen molar-refractivity contribution >= 4 is 11.9 Å². The molecule has 0 amide bonds. The SMILES string of the molecule is CC=Cc1ccc(C(=O)C(C)(C)O)cc1. The summed E-state index contributed by atoms with van der Waals surface area (Å²) < 4.78 is 0. The van der Waals surface area contributed by atoms with Gasteiger partial charge in [-0.15, -0.1) is 0 Å². The third-order valence-corrected chi connectivity index (χ3v) is 2.09. The highest BCUT2D eigenvalue weighted by Gasteiger charge is 2.24. The van der Waals surface area contributed by atoms with Gasteiger partial charge >= 0.3 is 0 Å². The second kappa shape index (κ2) is 4.41. The van der Waals surface area contributed by atoms with Gasteiger partial charge in [-0.25, -0.2) is 0 Å². The summed E-state index contributed by atoms with van der Waals surface area (Å²) in [6, 6.07) is 7.18. The molecule has 0 spiro atoms. The Morgan fingerprint density at radius 3 is 2.20 bits per heavy atom. The molecule has 1 N–H and O–H groups in total. The molecule has 0 bridgehead atoms. The summed E-state index contributed by atoms with van der Waals surface area (Å²) in [5, 5.41) is 9.55. The molecule has 1 aromatic carbocycles. The molecular formula is C13H16O2. The third kappa shape index (κ3) is 3.03. The minimum absolute atomic E-state index is 0.255. The fraction of sp³-hybridized carbons (Fsp3) is 0.308. The van der Waals surface area contributed by atoms with Gasteiger partial charge in [-0.1, -0.05) is 36.4 Å². The molecule has 0 aliphatic carbocycles. The van der Waals surface area contributed by atoms with Crippen molar-refractivity contribution in [1.82, 2.24) is 0 Å². The Hall–Kier alpha value is -1.41. The third-order valence-electron chi connectivity index (χ3n) is 2.09. The van der Waals surface area contributed by atoms with Gasteiger partial charge in [0.15, 0.2) is 5.78 Å². The molecule has 2 heteroatoms. The van der Waals surface area contributed by atoms with Gasteiger partial charge in [0.25, 0.3) is 0 Å². The highest BCUT2D eigenvalue weighted by atomic mass is 16.3. The van der Waals surface area contributed by atoms with Gasteiger partial charge in [-0.05, 0) is 26.3 Å². The Morgan fingerprint density at radius 1 is 1.27 bits per heavy atom. The maximum Gasteiger partial charge on any atom is 0.193 e. The fourth-order valence-electron chi connectivity index (χ4n) is 1.29. The van der Waals surface area contributed by atoms with Gasteiger partial charge in [0.2, 0.25) is 0 Å². The van der Waals surface area contributed by atoms with Crippen LogP contribution < -0.4 is 0 Å². The second-order valence-corrected chi connectivity index (χ2v) is 4.01. The average Bonchev–Trinajstić information content (AvgIpc) is 2.17. The Bertz CT molecular complexity index is 367. The second-order valence-electron chi connectivity index (χ2n) is 4.01. The molecule has 0 heterocycles. The smallest absolute Gasteiger partial charge is 0.193 e. The topological polar surface area (TPSA) is 37.3 Å². The minimum atomic E-state index is -1.30. The molecule has 0 aliphatic heterocycles. The van der Waals surface area contributed by atoms with Crippen molar-refractivity contribution in [2.75, 3.05) is 0 Å². The molecule has 0 radical (unpaired) electrons. The lowest BCUT2D eigenvalue weighted by atomic mass is 9.96. The molecule has 0 unspecified atom stereocenters. The molecule has 1 rings (SSSR count). The van der Waals surface area contributed by atoms with Crippen LogP contribution in [-0.2, 0) is 0 Å². The zero-order valence-electron chi connectivity index (χ0n) is 9.32. The lowest BCUT2D eigenvalue weighted by Gasteiger charge is -2.15. The van der Waals surface area contributed by atoms with Crippen LogP contribution in [-0.4, -0.2) is 16.5 Å². The Kier molecular flexibility index (Phi) is 3.43. The van der Waals surface area contributed by atoms with Crippen molar-refractivity contribution in [2.24, 2.45) is 0 Å². The summed E-state index contributed by atoms with van der Waals surface area (Å²) in [4.78, 5) is 11.7. The van der Waals surface area contributed by atoms with Gasteiger partial charge < -0.3 is 5.11 Å². The predicted molar refractivity (Wildman–Crippen MR) is 61.8 cm³/mol. The van der Waals surface area contributed by atoms with Crippen LogP contribution in [0.4, 0.5) is 0 Å². The van der Waals surface area contributed by atoms with Gasteiger partial charge in [0, 0.05) is 5.56 Å². The van der Waals surface area contributed by atoms with E-state index in [4.69, 9.17) is 0 Å².